The number of pyridine rings is 1. The first-order chi connectivity index (χ1) is 5.24. The SMILES string of the molecule is CNC(=O)c1cc(Br)ccn1. The lowest BCUT2D eigenvalue weighted by atomic mass is 10.3. The van der Waals surface area contributed by atoms with Crippen LogP contribution in [-0.4, -0.2) is 17.9 Å². The Morgan fingerprint density at radius 2 is 2.45 bits per heavy atom. The third-order valence-electron chi connectivity index (χ3n) is 1.18. The van der Waals surface area contributed by atoms with E-state index in [9.17, 15) is 4.79 Å². The van der Waals surface area contributed by atoms with Gasteiger partial charge in [0.2, 0.25) is 0 Å². The largest absolute Gasteiger partial charge is 0.354 e. The number of halogens is 1. The Kier molecular flexibility index (Phi) is 2.59. The van der Waals surface area contributed by atoms with E-state index in [1.807, 2.05) is 0 Å². The topological polar surface area (TPSA) is 42.0 Å². The minimum Gasteiger partial charge on any atom is -0.354 e. The fraction of sp³-hybridized carbons (Fsp3) is 0.143. The maximum Gasteiger partial charge on any atom is 0.269 e. The molecule has 0 radical (unpaired) electrons. The molecule has 1 N–H and O–H groups in total. The number of nitrogens with zero attached hydrogens (tertiary/aromatic N) is 1. The summed E-state index contributed by atoms with van der Waals surface area (Å²) in [6.45, 7) is 0. The van der Waals surface area contributed by atoms with E-state index in [0.29, 0.717) is 5.69 Å². The first kappa shape index (κ1) is 8.20. The van der Waals surface area contributed by atoms with Crippen LogP contribution < -0.4 is 5.32 Å². The molecule has 0 atom stereocenters. The first-order valence-electron chi connectivity index (χ1n) is 3.07. The molecule has 0 bridgehead atoms. The molecular weight excluding hydrogens is 208 g/mol. The highest BCUT2D eigenvalue weighted by molar-refractivity contribution is 9.10. The van der Waals surface area contributed by atoms with Crippen molar-refractivity contribution >= 4 is 21.8 Å². The Morgan fingerprint density at radius 1 is 1.73 bits per heavy atom. The van der Waals surface area contributed by atoms with Crippen LogP contribution in [0.15, 0.2) is 22.8 Å². The van der Waals surface area contributed by atoms with Gasteiger partial charge in [0.05, 0.1) is 0 Å². The summed E-state index contributed by atoms with van der Waals surface area (Å²) >= 11 is 3.24. The van der Waals surface area contributed by atoms with Gasteiger partial charge >= 0.3 is 0 Å². The lowest BCUT2D eigenvalue weighted by Crippen LogP contribution is -2.18. The number of hydrogen-bond acceptors (Lipinski definition) is 2. The quantitative estimate of drug-likeness (QED) is 0.764. The molecule has 1 amide bonds. The summed E-state index contributed by atoms with van der Waals surface area (Å²) < 4.78 is 0.853. The van der Waals surface area contributed by atoms with Crippen molar-refractivity contribution in [3.63, 3.8) is 0 Å². The summed E-state index contributed by atoms with van der Waals surface area (Å²) in [6, 6.07) is 3.44. The zero-order valence-corrected chi connectivity index (χ0v) is 7.55. The summed E-state index contributed by atoms with van der Waals surface area (Å²) in [6.07, 6.45) is 1.58. The monoisotopic (exact) mass is 214 g/mol. The molecule has 4 heteroatoms. The van der Waals surface area contributed by atoms with Crippen molar-refractivity contribution < 1.29 is 4.79 Å². The van der Waals surface area contributed by atoms with E-state index in [1.165, 1.54) is 0 Å². The van der Waals surface area contributed by atoms with Gasteiger partial charge < -0.3 is 5.32 Å². The molecule has 0 unspecified atom stereocenters. The Balaban J connectivity index is 2.96. The molecule has 0 aliphatic carbocycles. The molecule has 0 saturated heterocycles. The van der Waals surface area contributed by atoms with Gasteiger partial charge in [-0.25, -0.2) is 0 Å². The number of nitrogens with one attached hydrogen (secondary N) is 1. The lowest BCUT2D eigenvalue weighted by molar-refractivity contribution is 0.0958. The van der Waals surface area contributed by atoms with E-state index in [0.717, 1.165) is 4.47 Å². The maximum atomic E-state index is 11.0. The molecule has 0 saturated carbocycles. The van der Waals surface area contributed by atoms with Gasteiger partial charge in [0.1, 0.15) is 5.69 Å². The zero-order valence-electron chi connectivity index (χ0n) is 5.97. The number of hydrogen-bond donors (Lipinski definition) is 1. The summed E-state index contributed by atoms with van der Waals surface area (Å²) in [5.74, 6) is -0.175. The molecule has 11 heavy (non-hydrogen) atoms. The van der Waals surface area contributed by atoms with Crippen LogP contribution in [0.4, 0.5) is 0 Å². The Bertz CT molecular complexity index is 275. The second-order valence-electron chi connectivity index (χ2n) is 1.94. The van der Waals surface area contributed by atoms with Crippen LogP contribution in [-0.2, 0) is 0 Å². The highest BCUT2D eigenvalue weighted by Crippen LogP contribution is 2.08. The fourth-order valence-corrected chi connectivity index (χ4v) is 0.992. The van der Waals surface area contributed by atoms with Gasteiger partial charge in [0.15, 0.2) is 0 Å². The fourth-order valence-electron chi connectivity index (χ4n) is 0.657. The van der Waals surface area contributed by atoms with Gasteiger partial charge in [0, 0.05) is 17.7 Å². The van der Waals surface area contributed by atoms with E-state index in [1.54, 1.807) is 25.4 Å². The van der Waals surface area contributed by atoms with Crippen LogP contribution in [0.25, 0.3) is 0 Å². The highest BCUT2D eigenvalue weighted by atomic mass is 79.9. The minimum atomic E-state index is -0.175. The highest BCUT2D eigenvalue weighted by Gasteiger charge is 2.02. The van der Waals surface area contributed by atoms with E-state index in [-0.39, 0.29) is 5.91 Å². The minimum absolute atomic E-state index is 0.175. The Hall–Kier alpha value is -0.900. The van der Waals surface area contributed by atoms with E-state index >= 15 is 0 Å². The molecule has 1 heterocycles. The molecule has 0 aliphatic rings. The van der Waals surface area contributed by atoms with Gasteiger partial charge in [-0.1, -0.05) is 15.9 Å². The van der Waals surface area contributed by atoms with E-state index in [4.69, 9.17) is 0 Å². The van der Waals surface area contributed by atoms with Crippen molar-refractivity contribution in [3.8, 4) is 0 Å². The predicted molar refractivity (Wildman–Crippen MR) is 45.3 cm³/mol. The molecule has 3 nitrogen and oxygen atoms in total. The normalized spacial score (nSPS) is 9.27. The van der Waals surface area contributed by atoms with Crippen LogP contribution in [0.2, 0.25) is 0 Å². The van der Waals surface area contributed by atoms with Crippen molar-refractivity contribution in [3.05, 3.63) is 28.5 Å². The summed E-state index contributed by atoms with van der Waals surface area (Å²) in [5.41, 5.74) is 0.418. The molecule has 0 aliphatic heterocycles. The van der Waals surface area contributed by atoms with Crippen molar-refractivity contribution in [2.75, 3.05) is 7.05 Å². The van der Waals surface area contributed by atoms with Crippen LogP contribution in [0.1, 0.15) is 10.5 Å². The third-order valence-corrected chi connectivity index (χ3v) is 1.67. The summed E-state index contributed by atoms with van der Waals surface area (Å²) in [7, 11) is 1.57. The van der Waals surface area contributed by atoms with Crippen molar-refractivity contribution in [1.82, 2.24) is 10.3 Å². The van der Waals surface area contributed by atoms with Gasteiger partial charge in [-0.2, -0.15) is 0 Å². The van der Waals surface area contributed by atoms with Crippen molar-refractivity contribution in [2.45, 2.75) is 0 Å². The number of rotatable bonds is 1. The van der Waals surface area contributed by atoms with Crippen LogP contribution in [0.3, 0.4) is 0 Å². The molecule has 0 aromatic carbocycles. The summed E-state index contributed by atoms with van der Waals surface area (Å²) in [4.78, 5) is 14.8. The molecule has 58 valence electrons. The number of aromatic nitrogens is 1. The standard InChI is InChI=1S/C7H7BrN2O/c1-9-7(11)6-4-5(8)2-3-10-6/h2-4H,1H3,(H,9,11). The van der Waals surface area contributed by atoms with Crippen molar-refractivity contribution in [2.24, 2.45) is 0 Å². The van der Waals surface area contributed by atoms with E-state index in [2.05, 4.69) is 26.2 Å². The zero-order chi connectivity index (χ0) is 8.27. The molecular formula is C7H7BrN2O. The molecule has 1 aromatic rings. The maximum absolute atomic E-state index is 11.0. The smallest absolute Gasteiger partial charge is 0.269 e. The first-order valence-corrected chi connectivity index (χ1v) is 3.87. The van der Waals surface area contributed by atoms with E-state index < -0.39 is 0 Å². The molecule has 1 rings (SSSR count). The van der Waals surface area contributed by atoms with Crippen LogP contribution in [0, 0.1) is 0 Å². The van der Waals surface area contributed by atoms with Crippen LogP contribution in [0.5, 0.6) is 0 Å². The van der Waals surface area contributed by atoms with Gasteiger partial charge in [-0.05, 0) is 12.1 Å². The number of carbonyl (C=O) groups is 1. The second kappa shape index (κ2) is 3.48. The summed E-state index contributed by atoms with van der Waals surface area (Å²) in [5, 5.41) is 2.49. The second-order valence-corrected chi connectivity index (χ2v) is 2.85. The molecule has 1 aromatic heterocycles. The molecule has 0 fully saturated rings. The third kappa shape index (κ3) is 2.01. The predicted octanol–water partition coefficient (Wildman–Crippen LogP) is 1.20. The number of amides is 1. The van der Waals surface area contributed by atoms with Crippen molar-refractivity contribution in [1.29, 1.82) is 0 Å². The number of carbonyl (C=O) groups excluding carboxylic acids is 1. The van der Waals surface area contributed by atoms with Gasteiger partial charge in [-0.3, -0.25) is 9.78 Å². The average Bonchev–Trinajstić information content (AvgIpc) is 2.03. The van der Waals surface area contributed by atoms with Gasteiger partial charge in [0.25, 0.3) is 5.91 Å². The Labute approximate surface area is 73.0 Å². The molecule has 0 spiro atoms. The van der Waals surface area contributed by atoms with Crippen LogP contribution >= 0.6 is 15.9 Å². The lowest BCUT2D eigenvalue weighted by Gasteiger charge is -1.97. The Morgan fingerprint density at radius 3 is 3.00 bits per heavy atom. The van der Waals surface area contributed by atoms with Gasteiger partial charge in [-0.15, -0.1) is 0 Å². The average molecular weight is 215 g/mol.